The Balaban J connectivity index is 1.08. The molecule has 0 bridgehead atoms. The Morgan fingerprint density at radius 2 is 1.82 bits per heavy atom. The number of hydrogen-bond donors (Lipinski definition) is 0. The van der Waals surface area contributed by atoms with Gasteiger partial charge in [-0.15, -0.1) is 10.2 Å². The molecule has 1 saturated heterocycles. The van der Waals surface area contributed by atoms with Gasteiger partial charge in [-0.3, -0.25) is 9.69 Å². The van der Waals surface area contributed by atoms with Crippen LogP contribution in [0, 0.1) is 0 Å². The monoisotopic (exact) mass is 512 g/mol. The van der Waals surface area contributed by atoms with E-state index in [0.29, 0.717) is 25.5 Å². The molecule has 2 aliphatic heterocycles. The molecule has 0 N–H and O–H groups in total. The van der Waals surface area contributed by atoms with E-state index in [1.807, 2.05) is 52.0 Å². The lowest BCUT2D eigenvalue weighted by atomic mass is 10.1. The van der Waals surface area contributed by atoms with E-state index in [1.165, 1.54) is 4.80 Å². The first kappa shape index (κ1) is 24.2. The number of aryl methyl sites for hydroxylation is 1. The maximum Gasteiger partial charge on any atom is 0.237 e. The number of benzene rings is 1. The van der Waals surface area contributed by atoms with Crippen LogP contribution in [0.25, 0.3) is 17.1 Å². The minimum absolute atomic E-state index is 0.175. The van der Waals surface area contributed by atoms with Crippen molar-refractivity contribution in [3.63, 3.8) is 0 Å². The maximum atomic E-state index is 13.4. The van der Waals surface area contributed by atoms with Crippen molar-refractivity contribution in [2.75, 3.05) is 31.1 Å². The summed E-state index contributed by atoms with van der Waals surface area (Å²) in [4.78, 5) is 26.1. The highest BCUT2D eigenvalue weighted by Gasteiger charge is 2.33. The van der Waals surface area contributed by atoms with Crippen molar-refractivity contribution in [2.45, 2.75) is 38.9 Å². The van der Waals surface area contributed by atoms with E-state index in [9.17, 15) is 4.79 Å². The first-order chi connectivity index (χ1) is 18.4. The topological polar surface area (TPSA) is 101 Å². The highest BCUT2D eigenvalue weighted by Crippen LogP contribution is 2.24. The summed E-state index contributed by atoms with van der Waals surface area (Å²) in [5.41, 5.74) is 4.09. The van der Waals surface area contributed by atoms with E-state index in [0.717, 1.165) is 47.8 Å². The smallest absolute Gasteiger partial charge is 0.237 e. The van der Waals surface area contributed by atoms with Gasteiger partial charge < -0.3 is 9.80 Å². The first-order valence-electron chi connectivity index (χ1n) is 13.1. The van der Waals surface area contributed by atoms with Gasteiger partial charge in [0, 0.05) is 68.2 Å². The summed E-state index contributed by atoms with van der Waals surface area (Å²) in [6.45, 7) is 7.72. The predicted molar refractivity (Wildman–Crippen MR) is 143 cm³/mol. The highest BCUT2D eigenvalue weighted by atomic mass is 16.2. The molecule has 0 radical (unpaired) electrons. The van der Waals surface area contributed by atoms with Gasteiger partial charge in [0.05, 0.1) is 25.0 Å². The third kappa shape index (κ3) is 4.76. The molecular formula is C27H32N10O. The fourth-order valence-electron chi connectivity index (χ4n) is 5.46. The van der Waals surface area contributed by atoms with E-state index in [4.69, 9.17) is 5.10 Å². The Morgan fingerprint density at radius 1 is 1.03 bits per heavy atom. The van der Waals surface area contributed by atoms with Gasteiger partial charge in [-0.25, -0.2) is 9.67 Å². The number of carbonyl (C=O) groups is 1. The molecule has 2 unspecified atom stereocenters. The standard InChI is InChI=1S/C27H32N10O/c1-19-14-35(25-10-9-21(13-28-25)27-29-32-33(3)31-27)15-20(2)36(19)18-26(38)34-12-11-24-22(16-34)17-37(30-24)23-7-5-4-6-8-23/h4-10,13,17,19-20H,11-12,14-16,18H2,1-3H3. The molecule has 2 aliphatic rings. The van der Waals surface area contributed by atoms with Gasteiger partial charge >= 0.3 is 0 Å². The highest BCUT2D eigenvalue weighted by molar-refractivity contribution is 5.78. The Morgan fingerprint density at radius 3 is 2.50 bits per heavy atom. The number of amides is 1. The molecule has 0 aliphatic carbocycles. The maximum absolute atomic E-state index is 13.4. The molecule has 2 atom stereocenters. The average molecular weight is 513 g/mol. The number of aromatic nitrogens is 7. The molecule has 1 amide bonds. The second kappa shape index (κ2) is 9.97. The number of tetrazole rings is 1. The normalized spacial score (nSPS) is 20.0. The van der Waals surface area contributed by atoms with Gasteiger partial charge in [0.2, 0.25) is 11.7 Å². The largest absolute Gasteiger partial charge is 0.354 e. The van der Waals surface area contributed by atoms with Crippen molar-refractivity contribution >= 4 is 11.7 Å². The van der Waals surface area contributed by atoms with E-state index in [-0.39, 0.29) is 18.0 Å². The van der Waals surface area contributed by atoms with Crippen LogP contribution in [0.15, 0.2) is 54.9 Å². The minimum atomic E-state index is 0.175. The Labute approximate surface area is 221 Å². The van der Waals surface area contributed by atoms with Gasteiger partial charge in [0.15, 0.2) is 0 Å². The summed E-state index contributed by atoms with van der Waals surface area (Å²) in [7, 11) is 1.74. The molecule has 11 heteroatoms. The summed E-state index contributed by atoms with van der Waals surface area (Å²) in [6, 6.07) is 14.5. The van der Waals surface area contributed by atoms with E-state index in [1.54, 1.807) is 13.2 Å². The summed E-state index contributed by atoms with van der Waals surface area (Å²) in [5, 5.41) is 17.0. The number of para-hydroxylation sites is 1. The van der Waals surface area contributed by atoms with Crippen LogP contribution in [-0.4, -0.2) is 88.9 Å². The predicted octanol–water partition coefficient (Wildman–Crippen LogP) is 1.94. The Hall–Kier alpha value is -4.12. The summed E-state index contributed by atoms with van der Waals surface area (Å²) >= 11 is 0. The molecule has 4 aromatic rings. The van der Waals surface area contributed by atoms with Crippen molar-refractivity contribution in [3.8, 4) is 17.1 Å². The van der Waals surface area contributed by atoms with Crippen LogP contribution in [-0.2, 0) is 24.8 Å². The van der Waals surface area contributed by atoms with Crippen LogP contribution < -0.4 is 4.90 Å². The van der Waals surface area contributed by atoms with Crippen LogP contribution in [0.5, 0.6) is 0 Å². The number of anilines is 1. The molecule has 1 fully saturated rings. The van der Waals surface area contributed by atoms with E-state index >= 15 is 0 Å². The fourth-order valence-corrected chi connectivity index (χ4v) is 5.46. The molecule has 5 heterocycles. The zero-order valence-electron chi connectivity index (χ0n) is 22.0. The number of rotatable bonds is 5. The second-order valence-corrected chi connectivity index (χ2v) is 10.2. The first-order valence-corrected chi connectivity index (χ1v) is 13.1. The number of nitrogens with zero attached hydrogens (tertiary/aromatic N) is 10. The lowest BCUT2D eigenvalue weighted by molar-refractivity contribution is -0.134. The van der Waals surface area contributed by atoms with E-state index in [2.05, 4.69) is 50.2 Å². The molecule has 0 spiro atoms. The SMILES string of the molecule is CC1CN(c2ccc(-c3nnn(C)n3)cn2)CC(C)N1CC(=O)N1CCc2nn(-c3ccccc3)cc2C1. The summed E-state index contributed by atoms with van der Waals surface area (Å²) in [5.74, 6) is 1.66. The van der Waals surface area contributed by atoms with Crippen LogP contribution in [0.1, 0.15) is 25.1 Å². The third-order valence-electron chi connectivity index (χ3n) is 7.49. The minimum Gasteiger partial charge on any atom is -0.354 e. The molecule has 0 saturated carbocycles. The molecule has 1 aromatic carbocycles. The van der Waals surface area contributed by atoms with Gasteiger partial charge in [-0.1, -0.05) is 18.2 Å². The number of carbonyl (C=O) groups excluding carboxylic acids is 1. The quantitative estimate of drug-likeness (QED) is 0.400. The Bertz CT molecular complexity index is 1400. The molecule has 11 nitrogen and oxygen atoms in total. The van der Waals surface area contributed by atoms with Crippen LogP contribution in [0.3, 0.4) is 0 Å². The summed E-state index contributed by atoms with van der Waals surface area (Å²) < 4.78 is 1.92. The lowest BCUT2D eigenvalue weighted by Gasteiger charge is -2.45. The zero-order valence-corrected chi connectivity index (χ0v) is 22.0. The van der Waals surface area contributed by atoms with Crippen LogP contribution >= 0.6 is 0 Å². The van der Waals surface area contributed by atoms with Crippen molar-refractivity contribution in [3.05, 3.63) is 66.1 Å². The average Bonchev–Trinajstić information content (AvgIpc) is 3.57. The van der Waals surface area contributed by atoms with Crippen LogP contribution in [0.4, 0.5) is 5.82 Å². The number of fused-ring (bicyclic) bond motifs is 1. The van der Waals surface area contributed by atoms with E-state index < -0.39 is 0 Å². The fraction of sp³-hybridized carbons (Fsp3) is 0.407. The van der Waals surface area contributed by atoms with Gasteiger partial charge in [0.25, 0.3) is 0 Å². The lowest BCUT2D eigenvalue weighted by Crippen LogP contribution is -2.59. The van der Waals surface area contributed by atoms with Crippen molar-refractivity contribution in [2.24, 2.45) is 7.05 Å². The number of hydrogen-bond acceptors (Lipinski definition) is 8. The van der Waals surface area contributed by atoms with Crippen molar-refractivity contribution in [1.29, 1.82) is 0 Å². The molecular weight excluding hydrogens is 480 g/mol. The second-order valence-electron chi connectivity index (χ2n) is 10.2. The number of pyridine rings is 1. The molecule has 6 rings (SSSR count). The van der Waals surface area contributed by atoms with Gasteiger partial charge in [-0.05, 0) is 43.3 Å². The Kier molecular flexibility index (Phi) is 6.36. The van der Waals surface area contributed by atoms with Gasteiger partial charge in [-0.2, -0.15) is 9.90 Å². The van der Waals surface area contributed by atoms with Gasteiger partial charge in [0.1, 0.15) is 5.82 Å². The summed E-state index contributed by atoms with van der Waals surface area (Å²) in [6.07, 6.45) is 4.64. The van der Waals surface area contributed by atoms with Crippen molar-refractivity contribution in [1.82, 2.24) is 44.8 Å². The third-order valence-corrected chi connectivity index (χ3v) is 7.49. The number of piperazine rings is 1. The molecule has 38 heavy (non-hydrogen) atoms. The van der Waals surface area contributed by atoms with Crippen LogP contribution in [0.2, 0.25) is 0 Å². The molecule has 3 aromatic heterocycles. The zero-order chi connectivity index (χ0) is 26.2. The van der Waals surface area contributed by atoms with Crippen molar-refractivity contribution < 1.29 is 4.79 Å². The molecule has 196 valence electrons.